The molecule has 1 heterocycles. The zero-order valence-corrected chi connectivity index (χ0v) is 11.6. The summed E-state index contributed by atoms with van der Waals surface area (Å²) in [6.07, 6.45) is 9.35. The Morgan fingerprint density at radius 1 is 1.21 bits per heavy atom. The molecule has 4 nitrogen and oxygen atoms in total. The highest BCUT2D eigenvalue weighted by atomic mass is 16.3. The van der Waals surface area contributed by atoms with Gasteiger partial charge < -0.3 is 5.11 Å². The first kappa shape index (κ1) is 11.9. The lowest BCUT2D eigenvalue weighted by molar-refractivity contribution is -0.0889. The molecule has 0 amide bonds. The normalized spacial score (nSPS) is 41.7. The molecule has 4 saturated carbocycles. The van der Waals surface area contributed by atoms with Gasteiger partial charge in [0, 0.05) is 19.7 Å². The van der Waals surface area contributed by atoms with Crippen molar-refractivity contribution >= 4 is 0 Å². The fourth-order valence-corrected chi connectivity index (χ4v) is 5.43. The van der Waals surface area contributed by atoms with Crippen LogP contribution < -0.4 is 0 Å². The summed E-state index contributed by atoms with van der Waals surface area (Å²) < 4.78 is 1.72. The Morgan fingerprint density at radius 2 is 1.84 bits per heavy atom. The maximum Gasteiger partial charge on any atom is 0.0852 e. The second-order valence-corrected chi connectivity index (χ2v) is 7.16. The maximum atomic E-state index is 10.7. The summed E-state index contributed by atoms with van der Waals surface area (Å²) in [5.41, 5.74) is 0.934. The van der Waals surface area contributed by atoms with E-state index >= 15 is 0 Å². The molecule has 1 aromatic rings. The topological polar surface area (TPSA) is 50.9 Å². The molecule has 4 aliphatic carbocycles. The summed E-state index contributed by atoms with van der Waals surface area (Å²) in [6.45, 7) is 0. The summed E-state index contributed by atoms with van der Waals surface area (Å²) in [5, 5.41) is 18.7. The third kappa shape index (κ3) is 2.00. The molecule has 104 valence electrons. The number of hydrogen-bond acceptors (Lipinski definition) is 3. The van der Waals surface area contributed by atoms with Crippen LogP contribution in [0.3, 0.4) is 0 Å². The van der Waals surface area contributed by atoms with Gasteiger partial charge in [0.25, 0.3) is 0 Å². The van der Waals surface area contributed by atoms with Crippen molar-refractivity contribution in [1.82, 2.24) is 15.0 Å². The Kier molecular flexibility index (Phi) is 2.69. The molecule has 4 aliphatic rings. The molecule has 0 aromatic carbocycles. The van der Waals surface area contributed by atoms with E-state index in [0.29, 0.717) is 12.3 Å². The molecule has 4 bridgehead atoms. The van der Waals surface area contributed by atoms with E-state index in [2.05, 4.69) is 10.3 Å². The van der Waals surface area contributed by atoms with E-state index < -0.39 is 0 Å². The number of aromatic nitrogens is 3. The van der Waals surface area contributed by atoms with Gasteiger partial charge in [-0.15, -0.1) is 5.10 Å². The lowest BCUT2D eigenvalue weighted by Crippen LogP contribution is -2.49. The summed E-state index contributed by atoms with van der Waals surface area (Å²) in [6, 6.07) is 0. The molecule has 19 heavy (non-hydrogen) atoms. The standard InChI is InChI=1S/C15H23N3O/c1-18-8-13(16-17-18)7-14(19)15-11-3-9-2-10(5-11)6-12(15)4-9/h8-12,14-15,19H,2-7H2,1H3. The van der Waals surface area contributed by atoms with Crippen molar-refractivity contribution in [2.45, 2.75) is 44.6 Å². The molecule has 1 unspecified atom stereocenters. The van der Waals surface area contributed by atoms with Crippen molar-refractivity contribution in [3.63, 3.8) is 0 Å². The Labute approximate surface area is 114 Å². The monoisotopic (exact) mass is 261 g/mol. The van der Waals surface area contributed by atoms with Crippen LogP contribution in [0.1, 0.15) is 37.8 Å². The molecule has 0 radical (unpaired) electrons. The van der Waals surface area contributed by atoms with Gasteiger partial charge in [-0.1, -0.05) is 5.21 Å². The molecule has 1 N–H and O–H groups in total. The van der Waals surface area contributed by atoms with Crippen molar-refractivity contribution in [2.75, 3.05) is 0 Å². The van der Waals surface area contributed by atoms with Gasteiger partial charge >= 0.3 is 0 Å². The van der Waals surface area contributed by atoms with Crippen LogP contribution in [0.15, 0.2) is 6.20 Å². The van der Waals surface area contributed by atoms with Crippen LogP contribution in [0.2, 0.25) is 0 Å². The minimum Gasteiger partial charge on any atom is -0.392 e. The van der Waals surface area contributed by atoms with Crippen LogP contribution in [0.4, 0.5) is 0 Å². The molecular weight excluding hydrogens is 238 g/mol. The quantitative estimate of drug-likeness (QED) is 0.902. The van der Waals surface area contributed by atoms with E-state index in [1.54, 1.807) is 4.68 Å². The molecule has 0 saturated heterocycles. The average molecular weight is 261 g/mol. The zero-order chi connectivity index (χ0) is 13.0. The number of hydrogen-bond donors (Lipinski definition) is 1. The molecule has 1 aromatic heterocycles. The minimum atomic E-state index is -0.216. The molecule has 4 heteroatoms. The summed E-state index contributed by atoms with van der Waals surface area (Å²) in [5.74, 6) is 4.03. The first-order valence-corrected chi connectivity index (χ1v) is 7.72. The maximum absolute atomic E-state index is 10.7. The van der Waals surface area contributed by atoms with E-state index in [-0.39, 0.29) is 6.10 Å². The first-order chi connectivity index (χ1) is 9.19. The van der Waals surface area contributed by atoms with Crippen LogP contribution in [-0.2, 0) is 13.5 Å². The number of rotatable bonds is 3. The van der Waals surface area contributed by atoms with Gasteiger partial charge in [0.05, 0.1) is 11.8 Å². The van der Waals surface area contributed by atoms with Crippen LogP contribution in [0.25, 0.3) is 0 Å². The Bertz CT molecular complexity index is 442. The second-order valence-electron chi connectivity index (χ2n) is 7.16. The number of aliphatic hydroxyl groups excluding tert-OH is 1. The second kappa shape index (κ2) is 4.30. The summed E-state index contributed by atoms with van der Waals surface area (Å²) in [4.78, 5) is 0. The number of aliphatic hydroxyl groups is 1. The van der Waals surface area contributed by atoms with E-state index in [4.69, 9.17) is 0 Å². The predicted octanol–water partition coefficient (Wildman–Crippen LogP) is 1.79. The summed E-state index contributed by atoms with van der Waals surface area (Å²) >= 11 is 0. The van der Waals surface area contributed by atoms with E-state index in [1.807, 2.05) is 13.2 Å². The third-order valence-electron chi connectivity index (χ3n) is 5.81. The van der Waals surface area contributed by atoms with Gasteiger partial charge in [-0.05, 0) is 61.7 Å². The highest BCUT2D eigenvalue weighted by Gasteiger charge is 2.50. The van der Waals surface area contributed by atoms with Gasteiger partial charge in [0.15, 0.2) is 0 Å². The van der Waals surface area contributed by atoms with Crippen LogP contribution in [0.5, 0.6) is 0 Å². The fourth-order valence-electron chi connectivity index (χ4n) is 5.43. The molecule has 0 spiro atoms. The molecule has 4 fully saturated rings. The van der Waals surface area contributed by atoms with Crippen molar-refractivity contribution < 1.29 is 5.11 Å². The Morgan fingerprint density at radius 3 is 2.37 bits per heavy atom. The SMILES string of the molecule is Cn1cc(CC(O)C2C3CC4CC(C3)CC2C4)nn1. The predicted molar refractivity (Wildman–Crippen MR) is 71.2 cm³/mol. The molecular formula is C15H23N3O. The van der Waals surface area contributed by atoms with Gasteiger partial charge in [-0.2, -0.15) is 0 Å². The van der Waals surface area contributed by atoms with Crippen LogP contribution >= 0.6 is 0 Å². The lowest BCUT2D eigenvalue weighted by Gasteiger charge is -2.55. The van der Waals surface area contributed by atoms with E-state index in [9.17, 15) is 5.11 Å². The molecule has 5 rings (SSSR count). The molecule has 0 aliphatic heterocycles. The Balaban J connectivity index is 1.49. The fraction of sp³-hybridized carbons (Fsp3) is 0.867. The van der Waals surface area contributed by atoms with Crippen molar-refractivity contribution in [2.24, 2.45) is 36.6 Å². The van der Waals surface area contributed by atoms with Crippen molar-refractivity contribution in [3.8, 4) is 0 Å². The zero-order valence-electron chi connectivity index (χ0n) is 11.6. The highest BCUT2D eigenvalue weighted by Crippen LogP contribution is 2.57. The van der Waals surface area contributed by atoms with Gasteiger partial charge in [-0.3, -0.25) is 4.68 Å². The Hall–Kier alpha value is -0.900. The van der Waals surface area contributed by atoms with Gasteiger partial charge in [0.2, 0.25) is 0 Å². The first-order valence-electron chi connectivity index (χ1n) is 7.72. The third-order valence-corrected chi connectivity index (χ3v) is 5.81. The lowest BCUT2D eigenvalue weighted by atomic mass is 9.50. The van der Waals surface area contributed by atoms with Crippen LogP contribution in [-0.4, -0.2) is 26.2 Å². The largest absolute Gasteiger partial charge is 0.392 e. The summed E-state index contributed by atoms with van der Waals surface area (Å²) in [7, 11) is 1.88. The minimum absolute atomic E-state index is 0.216. The molecule has 1 atom stereocenters. The van der Waals surface area contributed by atoms with Crippen molar-refractivity contribution in [3.05, 3.63) is 11.9 Å². The van der Waals surface area contributed by atoms with Gasteiger partial charge in [-0.25, -0.2) is 0 Å². The van der Waals surface area contributed by atoms with E-state index in [0.717, 1.165) is 29.4 Å². The van der Waals surface area contributed by atoms with Crippen LogP contribution in [0, 0.1) is 29.6 Å². The highest BCUT2D eigenvalue weighted by molar-refractivity contribution is 5.03. The van der Waals surface area contributed by atoms with E-state index in [1.165, 1.54) is 32.1 Å². The number of aryl methyl sites for hydroxylation is 1. The van der Waals surface area contributed by atoms with Crippen molar-refractivity contribution in [1.29, 1.82) is 0 Å². The number of nitrogens with zero attached hydrogens (tertiary/aromatic N) is 3. The van der Waals surface area contributed by atoms with Gasteiger partial charge in [0.1, 0.15) is 0 Å². The smallest absolute Gasteiger partial charge is 0.0852 e. The average Bonchev–Trinajstić information content (AvgIpc) is 2.73.